The Morgan fingerprint density at radius 3 is 2.47 bits per heavy atom. The van der Waals surface area contributed by atoms with Gasteiger partial charge in [-0.05, 0) is 38.3 Å². The van der Waals surface area contributed by atoms with Gasteiger partial charge in [0.15, 0.2) is 0 Å². The van der Waals surface area contributed by atoms with Crippen LogP contribution in [0.15, 0.2) is 18.3 Å². The van der Waals surface area contributed by atoms with E-state index in [4.69, 9.17) is 5.11 Å². The van der Waals surface area contributed by atoms with Crippen LogP contribution in [0.25, 0.3) is 0 Å². The Bertz CT molecular complexity index is 406. The first-order valence-corrected chi connectivity index (χ1v) is 5.96. The Labute approximate surface area is 101 Å². The van der Waals surface area contributed by atoms with E-state index in [-0.39, 0.29) is 0 Å². The summed E-state index contributed by atoms with van der Waals surface area (Å²) in [5.74, 6) is 0.126. The molecule has 0 aromatic carbocycles. The number of anilines is 1. The summed E-state index contributed by atoms with van der Waals surface area (Å²) in [5.41, 5.74) is -0.135. The van der Waals surface area contributed by atoms with Crippen LogP contribution >= 0.6 is 0 Å². The van der Waals surface area contributed by atoms with Crippen molar-refractivity contribution in [1.29, 1.82) is 0 Å². The number of aliphatic carboxylic acids is 1. The molecule has 0 aliphatic carbocycles. The van der Waals surface area contributed by atoms with Gasteiger partial charge in [-0.15, -0.1) is 0 Å². The summed E-state index contributed by atoms with van der Waals surface area (Å²) in [5, 5.41) is 9.14. The molecule has 2 rings (SSSR count). The molecule has 1 aromatic rings. The quantitative estimate of drug-likeness (QED) is 0.869. The summed E-state index contributed by atoms with van der Waals surface area (Å²) >= 11 is 0. The minimum atomic E-state index is -0.878. The molecule has 1 aliphatic rings. The summed E-state index contributed by atoms with van der Waals surface area (Å²) in [7, 11) is 0. The van der Waals surface area contributed by atoms with Gasteiger partial charge in [0.2, 0.25) is 0 Å². The molecule has 17 heavy (non-hydrogen) atoms. The van der Waals surface area contributed by atoms with E-state index >= 15 is 0 Å². The van der Waals surface area contributed by atoms with Gasteiger partial charge in [0, 0.05) is 19.3 Å². The number of carboxylic acid groups (broad SMARTS) is 1. The van der Waals surface area contributed by atoms with Crippen molar-refractivity contribution < 1.29 is 9.90 Å². The first-order chi connectivity index (χ1) is 8.01. The van der Waals surface area contributed by atoms with Crippen molar-refractivity contribution in [3.8, 4) is 0 Å². The van der Waals surface area contributed by atoms with Crippen molar-refractivity contribution in [2.75, 3.05) is 18.0 Å². The van der Waals surface area contributed by atoms with Gasteiger partial charge in [0.1, 0.15) is 5.82 Å². The highest BCUT2D eigenvalue weighted by molar-refractivity contribution is 5.80. The van der Waals surface area contributed by atoms with Crippen LogP contribution in [0.5, 0.6) is 0 Å². The van der Waals surface area contributed by atoms with Gasteiger partial charge in [-0.2, -0.15) is 0 Å². The van der Waals surface area contributed by atoms with E-state index < -0.39 is 11.4 Å². The van der Waals surface area contributed by atoms with Crippen molar-refractivity contribution >= 4 is 11.8 Å². The van der Waals surface area contributed by atoms with Gasteiger partial charge < -0.3 is 10.0 Å². The number of pyridine rings is 1. The topological polar surface area (TPSA) is 53.4 Å². The van der Waals surface area contributed by atoms with E-state index in [0.717, 1.165) is 24.5 Å². The fourth-order valence-electron chi connectivity index (χ4n) is 2.01. The minimum absolute atomic E-state index is 0.743. The maximum absolute atomic E-state index is 11.1. The average molecular weight is 234 g/mol. The Morgan fingerprint density at radius 2 is 2.00 bits per heavy atom. The maximum Gasteiger partial charge on any atom is 0.313 e. The number of carbonyl (C=O) groups is 1. The first kappa shape index (κ1) is 11.9. The zero-order valence-corrected chi connectivity index (χ0v) is 10.3. The molecule has 0 radical (unpaired) electrons. The molecule has 0 spiro atoms. The van der Waals surface area contributed by atoms with Crippen molar-refractivity contribution in [1.82, 2.24) is 4.98 Å². The van der Waals surface area contributed by atoms with E-state index in [2.05, 4.69) is 9.88 Å². The monoisotopic (exact) mass is 234 g/mol. The maximum atomic E-state index is 11.1. The zero-order valence-electron chi connectivity index (χ0n) is 10.3. The number of aromatic nitrogens is 1. The second-order valence-corrected chi connectivity index (χ2v) is 5.03. The lowest BCUT2D eigenvalue weighted by Gasteiger charge is -2.21. The predicted octanol–water partition coefficient (Wildman–Crippen LogP) is 2.04. The Balaban J connectivity index is 2.20. The molecule has 1 fully saturated rings. The molecule has 4 nitrogen and oxygen atoms in total. The van der Waals surface area contributed by atoms with Crippen molar-refractivity contribution in [3.63, 3.8) is 0 Å². The summed E-state index contributed by atoms with van der Waals surface area (Å²) in [6.45, 7) is 5.49. The lowest BCUT2D eigenvalue weighted by atomic mass is 9.86. The van der Waals surface area contributed by atoms with E-state index in [1.54, 1.807) is 20.0 Å². The van der Waals surface area contributed by atoms with Gasteiger partial charge in [0.05, 0.1) is 5.41 Å². The van der Waals surface area contributed by atoms with Gasteiger partial charge in [-0.3, -0.25) is 4.79 Å². The normalized spacial score (nSPS) is 16.2. The minimum Gasteiger partial charge on any atom is -0.481 e. The average Bonchev–Trinajstić information content (AvgIpc) is 2.82. The number of hydrogen-bond donors (Lipinski definition) is 1. The molecule has 4 heteroatoms. The van der Waals surface area contributed by atoms with Crippen LogP contribution in [0, 0.1) is 0 Å². The van der Waals surface area contributed by atoms with Gasteiger partial charge in [-0.25, -0.2) is 4.98 Å². The fourth-order valence-corrected chi connectivity index (χ4v) is 2.01. The Hall–Kier alpha value is -1.58. The molecule has 0 bridgehead atoms. The lowest BCUT2D eigenvalue weighted by Crippen LogP contribution is -2.29. The van der Waals surface area contributed by atoms with Crippen LogP contribution in [-0.2, 0) is 10.2 Å². The Kier molecular flexibility index (Phi) is 3.05. The summed E-state index contributed by atoms with van der Waals surface area (Å²) in [6.07, 6.45) is 4.11. The molecule has 1 aliphatic heterocycles. The summed E-state index contributed by atoms with van der Waals surface area (Å²) in [4.78, 5) is 17.7. The van der Waals surface area contributed by atoms with Crippen LogP contribution in [-0.4, -0.2) is 29.1 Å². The van der Waals surface area contributed by atoms with E-state index in [9.17, 15) is 4.79 Å². The summed E-state index contributed by atoms with van der Waals surface area (Å²) in [6, 6.07) is 3.79. The lowest BCUT2D eigenvalue weighted by molar-refractivity contribution is -0.142. The Morgan fingerprint density at radius 1 is 1.35 bits per heavy atom. The van der Waals surface area contributed by atoms with Crippen LogP contribution in [0.1, 0.15) is 32.3 Å². The number of hydrogen-bond acceptors (Lipinski definition) is 3. The van der Waals surface area contributed by atoms with Crippen LogP contribution < -0.4 is 4.90 Å². The largest absolute Gasteiger partial charge is 0.481 e. The highest BCUT2D eigenvalue weighted by Gasteiger charge is 2.29. The highest BCUT2D eigenvalue weighted by Crippen LogP contribution is 2.25. The fraction of sp³-hybridized carbons (Fsp3) is 0.538. The SMILES string of the molecule is CC(C)(C(=O)O)c1ccc(N2CCCC2)nc1. The third kappa shape index (κ3) is 2.25. The standard InChI is InChI=1S/C13H18N2O2/c1-13(2,12(16)17)10-5-6-11(14-9-10)15-7-3-4-8-15/h5-6,9H,3-4,7-8H2,1-2H3,(H,16,17). The first-order valence-electron chi connectivity index (χ1n) is 5.96. The molecule has 2 heterocycles. The molecule has 1 aromatic heterocycles. The third-order valence-electron chi connectivity index (χ3n) is 3.43. The van der Waals surface area contributed by atoms with E-state index in [1.807, 2.05) is 12.1 Å². The van der Waals surface area contributed by atoms with Crippen molar-refractivity contribution in [2.24, 2.45) is 0 Å². The smallest absolute Gasteiger partial charge is 0.313 e. The molecule has 0 amide bonds. The van der Waals surface area contributed by atoms with Gasteiger partial charge in [-0.1, -0.05) is 6.07 Å². The van der Waals surface area contributed by atoms with Crippen molar-refractivity contribution in [3.05, 3.63) is 23.9 Å². The third-order valence-corrected chi connectivity index (χ3v) is 3.43. The number of nitrogens with zero attached hydrogens (tertiary/aromatic N) is 2. The second-order valence-electron chi connectivity index (χ2n) is 5.03. The van der Waals surface area contributed by atoms with E-state index in [1.165, 1.54) is 12.8 Å². The van der Waals surface area contributed by atoms with Gasteiger partial charge >= 0.3 is 5.97 Å². The van der Waals surface area contributed by atoms with E-state index in [0.29, 0.717) is 0 Å². The van der Waals surface area contributed by atoms with Crippen LogP contribution in [0.4, 0.5) is 5.82 Å². The molecule has 92 valence electrons. The van der Waals surface area contributed by atoms with Crippen LogP contribution in [0.3, 0.4) is 0 Å². The van der Waals surface area contributed by atoms with Gasteiger partial charge in [0.25, 0.3) is 0 Å². The van der Waals surface area contributed by atoms with Crippen LogP contribution in [0.2, 0.25) is 0 Å². The molecule has 0 saturated carbocycles. The van der Waals surface area contributed by atoms with Crippen molar-refractivity contribution in [2.45, 2.75) is 32.1 Å². The molecular weight excluding hydrogens is 216 g/mol. The predicted molar refractivity (Wildman–Crippen MR) is 66.3 cm³/mol. The molecule has 0 atom stereocenters. The molecule has 1 saturated heterocycles. The molecule has 0 unspecified atom stereocenters. The molecular formula is C13H18N2O2. The number of carboxylic acids is 1. The summed E-state index contributed by atoms with van der Waals surface area (Å²) < 4.78 is 0. The molecule has 1 N–H and O–H groups in total. The number of rotatable bonds is 3. The second kappa shape index (κ2) is 4.35. The zero-order chi connectivity index (χ0) is 12.5. The highest BCUT2D eigenvalue weighted by atomic mass is 16.4.